The second-order valence-corrected chi connectivity index (χ2v) is 6.79. The zero-order valence-corrected chi connectivity index (χ0v) is 14.5. The fraction of sp³-hybridized carbons (Fsp3) is 0.474. The Hall–Kier alpha value is -2.34. The summed E-state index contributed by atoms with van der Waals surface area (Å²) in [5, 5.41) is 1.11. The van der Waals surface area contributed by atoms with Crippen LogP contribution >= 0.6 is 0 Å². The van der Waals surface area contributed by atoms with E-state index in [-0.39, 0.29) is 17.9 Å². The van der Waals surface area contributed by atoms with Crippen molar-refractivity contribution in [3.05, 3.63) is 36.0 Å². The average Bonchev–Trinajstić information content (AvgIpc) is 3.28. The van der Waals surface area contributed by atoms with Gasteiger partial charge in [-0.1, -0.05) is 6.07 Å². The van der Waals surface area contributed by atoms with Crippen LogP contribution in [0.5, 0.6) is 0 Å². The molecule has 3 heterocycles. The normalized spacial score (nSPS) is 21.1. The van der Waals surface area contributed by atoms with E-state index in [1.807, 2.05) is 47.0 Å². The monoisotopic (exact) mass is 341 g/mol. The summed E-state index contributed by atoms with van der Waals surface area (Å²) in [5.74, 6) is 0.0151. The van der Waals surface area contributed by atoms with Gasteiger partial charge in [0.05, 0.1) is 13.2 Å². The molecular weight excluding hydrogens is 318 g/mol. The van der Waals surface area contributed by atoms with E-state index in [0.29, 0.717) is 38.4 Å². The van der Waals surface area contributed by atoms with Crippen molar-refractivity contribution >= 4 is 22.7 Å². The van der Waals surface area contributed by atoms with Gasteiger partial charge in [-0.25, -0.2) is 0 Å². The Kier molecular flexibility index (Phi) is 4.21. The van der Waals surface area contributed by atoms with Crippen molar-refractivity contribution in [1.29, 1.82) is 0 Å². The van der Waals surface area contributed by atoms with Crippen LogP contribution in [0.25, 0.3) is 10.9 Å². The molecule has 2 aliphatic heterocycles. The molecule has 0 bridgehead atoms. The second-order valence-electron chi connectivity index (χ2n) is 6.79. The van der Waals surface area contributed by atoms with Crippen molar-refractivity contribution in [2.45, 2.75) is 18.9 Å². The van der Waals surface area contributed by atoms with Crippen molar-refractivity contribution in [3.8, 4) is 0 Å². The zero-order chi connectivity index (χ0) is 17.4. The van der Waals surface area contributed by atoms with Gasteiger partial charge in [0.1, 0.15) is 6.04 Å². The van der Waals surface area contributed by atoms with Crippen LogP contribution in [0.15, 0.2) is 30.5 Å². The summed E-state index contributed by atoms with van der Waals surface area (Å²) in [5.41, 5.74) is 1.68. The molecule has 0 unspecified atom stereocenters. The first kappa shape index (κ1) is 16.1. The van der Waals surface area contributed by atoms with E-state index in [1.54, 1.807) is 4.90 Å². The zero-order valence-electron chi connectivity index (χ0n) is 14.5. The number of rotatable bonds is 2. The smallest absolute Gasteiger partial charge is 0.254 e. The van der Waals surface area contributed by atoms with Gasteiger partial charge in [-0.3, -0.25) is 9.59 Å². The van der Waals surface area contributed by atoms with Crippen LogP contribution < -0.4 is 0 Å². The lowest BCUT2D eigenvalue weighted by Crippen LogP contribution is -2.51. The molecule has 132 valence electrons. The van der Waals surface area contributed by atoms with Crippen molar-refractivity contribution in [2.24, 2.45) is 7.05 Å². The molecule has 0 aliphatic carbocycles. The highest BCUT2D eigenvalue weighted by molar-refractivity contribution is 6.00. The molecule has 4 rings (SSSR count). The largest absolute Gasteiger partial charge is 0.378 e. The fourth-order valence-electron chi connectivity index (χ4n) is 3.82. The Bertz CT molecular complexity index is 807. The topological polar surface area (TPSA) is 54.8 Å². The molecule has 0 N–H and O–H groups in total. The standard InChI is InChI=1S/C19H23N3O3/c1-20-8-6-14-4-5-15(13-17(14)20)18(23)22-7-2-3-16(22)19(24)21-9-11-25-12-10-21/h4-6,8,13,16H,2-3,7,9-12H2,1H3/t16-/m0/s1. The van der Waals surface area contributed by atoms with Gasteiger partial charge in [0.25, 0.3) is 5.91 Å². The summed E-state index contributed by atoms with van der Waals surface area (Å²) in [6.07, 6.45) is 3.60. The predicted molar refractivity (Wildman–Crippen MR) is 94.4 cm³/mol. The summed E-state index contributed by atoms with van der Waals surface area (Å²) in [4.78, 5) is 29.5. The minimum Gasteiger partial charge on any atom is -0.378 e. The number of aryl methyl sites for hydroxylation is 1. The predicted octanol–water partition coefficient (Wildman–Crippen LogP) is 1.64. The number of hydrogen-bond donors (Lipinski definition) is 0. The Morgan fingerprint density at radius 3 is 2.72 bits per heavy atom. The van der Waals surface area contributed by atoms with Crippen molar-refractivity contribution < 1.29 is 14.3 Å². The van der Waals surface area contributed by atoms with Crippen LogP contribution in [0, 0.1) is 0 Å². The van der Waals surface area contributed by atoms with E-state index in [0.717, 1.165) is 23.7 Å². The van der Waals surface area contributed by atoms with Crippen molar-refractivity contribution in [1.82, 2.24) is 14.4 Å². The quantitative estimate of drug-likeness (QED) is 0.834. The summed E-state index contributed by atoms with van der Waals surface area (Å²) >= 11 is 0. The number of aromatic nitrogens is 1. The number of amides is 2. The third-order valence-electron chi connectivity index (χ3n) is 5.26. The van der Waals surface area contributed by atoms with E-state index in [1.165, 1.54) is 0 Å². The lowest BCUT2D eigenvalue weighted by Gasteiger charge is -2.32. The Balaban J connectivity index is 1.56. The molecule has 2 aromatic rings. The first-order chi connectivity index (χ1) is 12.1. The molecule has 2 amide bonds. The lowest BCUT2D eigenvalue weighted by molar-refractivity contribution is -0.139. The maximum absolute atomic E-state index is 13.0. The molecule has 25 heavy (non-hydrogen) atoms. The van der Waals surface area contributed by atoms with E-state index < -0.39 is 0 Å². The molecule has 0 radical (unpaired) electrons. The van der Waals surface area contributed by atoms with Crippen LogP contribution in [-0.2, 0) is 16.6 Å². The molecule has 0 spiro atoms. The van der Waals surface area contributed by atoms with Gasteiger partial charge >= 0.3 is 0 Å². The Morgan fingerprint density at radius 2 is 1.92 bits per heavy atom. The van der Waals surface area contributed by atoms with E-state index in [9.17, 15) is 9.59 Å². The van der Waals surface area contributed by atoms with Gasteiger partial charge in [0, 0.05) is 44.0 Å². The molecule has 2 fully saturated rings. The first-order valence-electron chi connectivity index (χ1n) is 8.88. The Morgan fingerprint density at radius 1 is 1.12 bits per heavy atom. The molecular formula is C19H23N3O3. The molecule has 6 nitrogen and oxygen atoms in total. The molecule has 6 heteroatoms. The van der Waals surface area contributed by atoms with Gasteiger partial charge in [-0.05, 0) is 36.4 Å². The van der Waals surface area contributed by atoms with E-state index in [2.05, 4.69) is 0 Å². The number of ether oxygens (including phenoxy) is 1. The van der Waals surface area contributed by atoms with E-state index >= 15 is 0 Å². The number of morpholine rings is 1. The van der Waals surface area contributed by atoms with Gasteiger partial charge in [-0.15, -0.1) is 0 Å². The fourth-order valence-corrected chi connectivity index (χ4v) is 3.82. The number of hydrogen-bond acceptors (Lipinski definition) is 3. The molecule has 2 saturated heterocycles. The highest BCUT2D eigenvalue weighted by atomic mass is 16.5. The number of carbonyl (C=O) groups excluding carboxylic acids is 2. The second kappa shape index (κ2) is 6.52. The van der Waals surface area contributed by atoms with Crippen molar-refractivity contribution in [2.75, 3.05) is 32.8 Å². The van der Waals surface area contributed by atoms with Crippen LogP contribution in [0.1, 0.15) is 23.2 Å². The number of likely N-dealkylation sites (tertiary alicyclic amines) is 1. The summed E-state index contributed by atoms with van der Waals surface area (Å²) in [6, 6.07) is 7.45. The lowest BCUT2D eigenvalue weighted by atomic mass is 10.1. The van der Waals surface area contributed by atoms with Gasteiger partial charge in [0.2, 0.25) is 5.91 Å². The molecule has 2 aliphatic rings. The van der Waals surface area contributed by atoms with Gasteiger partial charge in [-0.2, -0.15) is 0 Å². The molecule has 1 atom stereocenters. The number of carbonyl (C=O) groups is 2. The summed E-state index contributed by atoms with van der Waals surface area (Å²) in [6.45, 7) is 3.04. The number of benzene rings is 1. The highest BCUT2D eigenvalue weighted by Crippen LogP contribution is 2.24. The molecule has 1 aromatic carbocycles. The maximum Gasteiger partial charge on any atom is 0.254 e. The van der Waals surface area contributed by atoms with Crippen LogP contribution in [0.4, 0.5) is 0 Å². The molecule has 1 aromatic heterocycles. The minimum absolute atomic E-state index is 0.0489. The summed E-state index contributed by atoms with van der Waals surface area (Å²) < 4.78 is 7.33. The van der Waals surface area contributed by atoms with Gasteiger partial charge < -0.3 is 19.1 Å². The number of nitrogens with zero attached hydrogens (tertiary/aromatic N) is 3. The minimum atomic E-state index is -0.338. The van der Waals surface area contributed by atoms with E-state index in [4.69, 9.17) is 4.74 Å². The third kappa shape index (κ3) is 2.91. The third-order valence-corrected chi connectivity index (χ3v) is 5.26. The average molecular weight is 341 g/mol. The first-order valence-corrected chi connectivity index (χ1v) is 8.88. The SMILES string of the molecule is Cn1ccc2ccc(C(=O)N3CCC[C@H]3C(=O)N3CCOCC3)cc21. The Labute approximate surface area is 146 Å². The highest BCUT2D eigenvalue weighted by Gasteiger charge is 2.37. The van der Waals surface area contributed by atoms with Crippen LogP contribution in [0.3, 0.4) is 0 Å². The maximum atomic E-state index is 13.0. The van der Waals surface area contributed by atoms with Crippen LogP contribution in [0.2, 0.25) is 0 Å². The van der Waals surface area contributed by atoms with Crippen LogP contribution in [-0.4, -0.2) is 65.1 Å². The summed E-state index contributed by atoms with van der Waals surface area (Å²) in [7, 11) is 1.97. The van der Waals surface area contributed by atoms with Gasteiger partial charge in [0.15, 0.2) is 0 Å². The van der Waals surface area contributed by atoms with Crippen molar-refractivity contribution in [3.63, 3.8) is 0 Å². The molecule has 0 saturated carbocycles. The number of fused-ring (bicyclic) bond motifs is 1.